The molecule has 0 unspecified atom stereocenters. The van der Waals surface area contributed by atoms with Crippen LogP contribution in [-0.4, -0.2) is 35.4 Å². The van der Waals surface area contributed by atoms with Crippen molar-refractivity contribution >= 4 is 26.9 Å². The van der Waals surface area contributed by atoms with Crippen LogP contribution in [-0.2, 0) is 14.8 Å². The number of aryl methyl sites for hydroxylation is 1. The van der Waals surface area contributed by atoms with Gasteiger partial charge in [-0.05, 0) is 50.1 Å². The molecule has 0 saturated heterocycles. The zero-order chi connectivity index (χ0) is 22.5. The summed E-state index contributed by atoms with van der Waals surface area (Å²) >= 11 is 0. The van der Waals surface area contributed by atoms with E-state index in [0.29, 0.717) is 33.6 Å². The fourth-order valence-electron chi connectivity index (χ4n) is 3.76. The molecule has 0 spiro atoms. The number of carbonyl (C=O) groups is 1. The average Bonchev–Trinajstić information content (AvgIpc) is 3.58. The molecule has 4 aromatic rings. The van der Waals surface area contributed by atoms with E-state index in [2.05, 4.69) is 4.98 Å². The quantitative estimate of drug-likeness (QED) is 0.424. The van der Waals surface area contributed by atoms with Crippen molar-refractivity contribution in [2.45, 2.75) is 30.6 Å². The van der Waals surface area contributed by atoms with E-state index in [0.717, 1.165) is 24.1 Å². The van der Waals surface area contributed by atoms with Crippen molar-refractivity contribution in [3.8, 4) is 11.3 Å². The summed E-state index contributed by atoms with van der Waals surface area (Å²) in [6.07, 6.45) is 7.08. The molecule has 32 heavy (non-hydrogen) atoms. The Hall–Kier alpha value is -3.52. The van der Waals surface area contributed by atoms with Gasteiger partial charge in [-0.15, -0.1) is 0 Å². The molecule has 0 radical (unpaired) electrons. The van der Waals surface area contributed by atoms with Gasteiger partial charge in [0.1, 0.15) is 0 Å². The normalized spacial score (nSPS) is 13.9. The van der Waals surface area contributed by atoms with Gasteiger partial charge >= 0.3 is 5.97 Å². The van der Waals surface area contributed by atoms with Crippen molar-refractivity contribution in [1.82, 2.24) is 13.9 Å². The number of benzene rings is 2. The molecule has 162 valence electrons. The number of hydrogen-bond acceptors (Lipinski definition) is 6. The van der Waals surface area contributed by atoms with Crippen LogP contribution in [0.5, 0.6) is 0 Å². The van der Waals surface area contributed by atoms with Gasteiger partial charge in [0.05, 0.1) is 40.7 Å². The topological polar surface area (TPSA) is 91.2 Å². The first-order chi connectivity index (χ1) is 15.4. The Morgan fingerprint density at radius 1 is 1.09 bits per heavy atom. The molecule has 2 aromatic heterocycles. The predicted octanol–water partition coefficient (Wildman–Crippen LogP) is 4.31. The van der Waals surface area contributed by atoms with Crippen LogP contribution in [0, 0.1) is 6.92 Å². The first kappa shape index (κ1) is 20.4. The Kier molecular flexibility index (Phi) is 4.82. The minimum Gasteiger partial charge on any atom is -0.465 e. The number of hydrogen-bond donors (Lipinski definition) is 0. The summed E-state index contributed by atoms with van der Waals surface area (Å²) in [5.41, 5.74) is 3.81. The van der Waals surface area contributed by atoms with E-state index in [9.17, 15) is 13.2 Å². The molecular formula is C24H21N3O4S. The number of methoxy groups -OCH3 is 1. The highest BCUT2D eigenvalue weighted by atomic mass is 32.2. The summed E-state index contributed by atoms with van der Waals surface area (Å²) in [5, 5.41) is 0.589. The monoisotopic (exact) mass is 447 g/mol. The van der Waals surface area contributed by atoms with Gasteiger partial charge in [0.15, 0.2) is 0 Å². The Morgan fingerprint density at radius 3 is 2.53 bits per heavy atom. The van der Waals surface area contributed by atoms with Gasteiger partial charge in [0.2, 0.25) is 0 Å². The van der Waals surface area contributed by atoms with Crippen molar-refractivity contribution in [1.29, 1.82) is 0 Å². The van der Waals surface area contributed by atoms with E-state index in [1.807, 2.05) is 6.92 Å². The van der Waals surface area contributed by atoms with Crippen LogP contribution in [0.4, 0.5) is 0 Å². The molecule has 0 N–H and O–H groups in total. The number of fused-ring (bicyclic) bond motifs is 1. The molecule has 1 aliphatic rings. The van der Waals surface area contributed by atoms with Gasteiger partial charge in [-0.3, -0.25) is 4.98 Å². The van der Waals surface area contributed by atoms with Crippen molar-refractivity contribution in [2.24, 2.45) is 0 Å². The van der Waals surface area contributed by atoms with Gasteiger partial charge in [0, 0.05) is 29.3 Å². The third kappa shape index (κ3) is 3.46. The lowest BCUT2D eigenvalue weighted by atomic mass is 10.1. The van der Waals surface area contributed by atoms with Gasteiger partial charge in [-0.1, -0.05) is 17.7 Å². The van der Waals surface area contributed by atoms with Crippen LogP contribution in [0.3, 0.4) is 0 Å². The van der Waals surface area contributed by atoms with Gasteiger partial charge in [0.25, 0.3) is 10.0 Å². The number of carbonyl (C=O) groups excluding carboxylic acids is 1. The molecule has 2 aromatic carbocycles. The summed E-state index contributed by atoms with van der Waals surface area (Å²) in [7, 11) is -2.56. The highest BCUT2D eigenvalue weighted by Gasteiger charge is 2.27. The molecule has 0 bridgehead atoms. The third-order valence-electron chi connectivity index (χ3n) is 5.69. The molecule has 8 heteroatoms. The number of esters is 1. The molecule has 0 aliphatic heterocycles. The van der Waals surface area contributed by atoms with Crippen molar-refractivity contribution < 1.29 is 17.9 Å². The van der Waals surface area contributed by atoms with Crippen molar-refractivity contribution in [3.63, 3.8) is 0 Å². The Bertz CT molecular complexity index is 1450. The summed E-state index contributed by atoms with van der Waals surface area (Å²) in [5.74, 6) is -0.0949. The molecule has 0 amide bonds. The molecule has 1 aliphatic carbocycles. The summed E-state index contributed by atoms with van der Waals surface area (Å²) < 4.78 is 33.1. The second-order valence-corrected chi connectivity index (χ2v) is 9.80. The fraction of sp³-hybridized carbons (Fsp3) is 0.208. The van der Waals surface area contributed by atoms with E-state index >= 15 is 0 Å². The van der Waals surface area contributed by atoms with Gasteiger partial charge in [-0.2, -0.15) is 0 Å². The summed E-state index contributed by atoms with van der Waals surface area (Å²) in [6, 6.07) is 11.5. The lowest BCUT2D eigenvalue weighted by molar-refractivity contribution is 0.0601. The van der Waals surface area contributed by atoms with Crippen LogP contribution in [0.1, 0.15) is 40.4 Å². The van der Waals surface area contributed by atoms with E-state index in [1.54, 1.807) is 61.1 Å². The number of aromatic nitrogens is 3. The van der Waals surface area contributed by atoms with Crippen LogP contribution in [0.2, 0.25) is 0 Å². The maximum absolute atomic E-state index is 13.5. The lowest BCUT2D eigenvalue weighted by Crippen LogP contribution is -2.12. The Morgan fingerprint density at radius 2 is 1.84 bits per heavy atom. The molecule has 2 heterocycles. The first-order valence-corrected chi connectivity index (χ1v) is 11.7. The number of rotatable bonds is 5. The molecule has 1 fully saturated rings. The second kappa shape index (κ2) is 7.56. The Labute approximate surface area is 185 Å². The van der Waals surface area contributed by atoms with E-state index in [1.165, 1.54) is 11.1 Å². The van der Waals surface area contributed by atoms with Crippen LogP contribution < -0.4 is 0 Å². The average molecular weight is 448 g/mol. The minimum atomic E-state index is -3.87. The zero-order valence-corrected chi connectivity index (χ0v) is 18.5. The summed E-state index contributed by atoms with van der Waals surface area (Å²) in [4.78, 5) is 21.4. The van der Waals surface area contributed by atoms with Crippen molar-refractivity contribution in [3.05, 3.63) is 77.9 Å². The SMILES string of the molecule is COC(=O)c1ccc2c(c1)c(-c1cncc(C3CC3)n1)cn2S(=O)(=O)c1ccc(C)cc1. The van der Waals surface area contributed by atoms with Crippen molar-refractivity contribution in [2.75, 3.05) is 7.11 Å². The third-order valence-corrected chi connectivity index (χ3v) is 7.38. The Balaban J connectivity index is 1.75. The van der Waals surface area contributed by atoms with Crippen LogP contribution in [0.25, 0.3) is 22.2 Å². The second-order valence-electron chi connectivity index (χ2n) is 7.98. The minimum absolute atomic E-state index is 0.182. The highest BCUT2D eigenvalue weighted by Crippen LogP contribution is 2.40. The number of nitrogens with zero attached hydrogens (tertiary/aromatic N) is 3. The standard InChI is InChI=1S/C24H21N3O4S/c1-15-3-8-18(9-4-15)32(29,30)27-14-20(22-13-25-12-21(26-22)16-5-6-16)19-11-17(24(28)31-2)7-10-23(19)27/h3-4,7-14,16H,5-6H2,1-2H3. The lowest BCUT2D eigenvalue weighted by Gasteiger charge is -2.08. The van der Waals surface area contributed by atoms with Gasteiger partial charge in [-0.25, -0.2) is 22.2 Å². The molecule has 5 rings (SSSR count). The number of ether oxygens (including phenoxy) is 1. The predicted molar refractivity (Wildman–Crippen MR) is 120 cm³/mol. The van der Waals surface area contributed by atoms with Crippen LogP contribution in [0.15, 0.2) is 66.0 Å². The first-order valence-electron chi connectivity index (χ1n) is 10.3. The van der Waals surface area contributed by atoms with Crippen LogP contribution >= 0.6 is 0 Å². The fourth-order valence-corrected chi connectivity index (χ4v) is 5.13. The summed E-state index contributed by atoms with van der Waals surface area (Å²) in [6.45, 7) is 1.90. The maximum Gasteiger partial charge on any atom is 0.337 e. The maximum atomic E-state index is 13.5. The van der Waals surface area contributed by atoms with Gasteiger partial charge < -0.3 is 4.74 Å². The van der Waals surface area contributed by atoms with E-state index in [4.69, 9.17) is 9.72 Å². The zero-order valence-electron chi connectivity index (χ0n) is 17.6. The van der Waals surface area contributed by atoms with E-state index in [-0.39, 0.29) is 4.90 Å². The molecule has 7 nitrogen and oxygen atoms in total. The largest absolute Gasteiger partial charge is 0.465 e. The van der Waals surface area contributed by atoms with E-state index < -0.39 is 16.0 Å². The molecule has 0 atom stereocenters. The molecule has 1 saturated carbocycles. The molecular weight excluding hydrogens is 426 g/mol. The smallest absolute Gasteiger partial charge is 0.337 e. The highest BCUT2D eigenvalue weighted by molar-refractivity contribution is 7.90.